The molecule has 0 fully saturated rings. The van der Waals surface area contributed by atoms with Crippen molar-refractivity contribution >= 4 is 33.3 Å². The van der Waals surface area contributed by atoms with E-state index >= 15 is 0 Å². The van der Waals surface area contributed by atoms with E-state index in [2.05, 4.69) is 0 Å². The number of aromatic nitrogens is 2. The van der Waals surface area contributed by atoms with E-state index in [9.17, 15) is 4.79 Å². The van der Waals surface area contributed by atoms with Crippen LogP contribution in [-0.4, -0.2) is 34.6 Å². The Morgan fingerprint density at radius 3 is 2.74 bits per heavy atom. The van der Waals surface area contributed by atoms with E-state index in [1.165, 1.54) is 28.6 Å². The lowest BCUT2D eigenvalue weighted by molar-refractivity contribution is 0.107. The van der Waals surface area contributed by atoms with E-state index < -0.39 is 0 Å². The van der Waals surface area contributed by atoms with E-state index in [1.807, 2.05) is 55.5 Å². The van der Waals surface area contributed by atoms with Crippen molar-refractivity contribution in [1.29, 1.82) is 0 Å². The molecule has 3 heterocycles. The summed E-state index contributed by atoms with van der Waals surface area (Å²) in [7, 11) is 0. The second-order valence-corrected chi connectivity index (χ2v) is 10.7. The number of rotatable bonds is 6. The van der Waals surface area contributed by atoms with Crippen LogP contribution in [0.3, 0.4) is 0 Å². The van der Waals surface area contributed by atoms with Crippen molar-refractivity contribution in [2.45, 2.75) is 43.9 Å². The van der Waals surface area contributed by atoms with Gasteiger partial charge in [-0.1, -0.05) is 23.9 Å². The quantitative estimate of drug-likeness (QED) is 0.249. The van der Waals surface area contributed by atoms with Crippen molar-refractivity contribution in [2.24, 2.45) is 0 Å². The van der Waals surface area contributed by atoms with Gasteiger partial charge in [-0.05, 0) is 74.6 Å². The van der Waals surface area contributed by atoms with E-state index in [1.54, 1.807) is 15.9 Å². The molecule has 0 saturated carbocycles. The summed E-state index contributed by atoms with van der Waals surface area (Å²) < 4.78 is 19.4. The summed E-state index contributed by atoms with van der Waals surface area (Å²) in [6.45, 7) is 3.02. The molecule has 180 valence electrons. The Morgan fingerprint density at radius 1 is 1.11 bits per heavy atom. The molecule has 2 aromatic heterocycles. The lowest BCUT2D eigenvalue weighted by atomic mass is 9.97. The Kier molecular flexibility index (Phi) is 6.16. The van der Waals surface area contributed by atoms with Crippen LogP contribution in [0, 0.1) is 0 Å². The van der Waals surface area contributed by atoms with Gasteiger partial charge in [0.15, 0.2) is 16.7 Å². The molecule has 0 radical (unpaired) electrons. The molecular weight excluding hydrogens is 480 g/mol. The molecule has 0 N–H and O–H groups in total. The predicted molar refractivity (Wildman–Crippen MR) is 140 cm³/mol. The lowest BCUT2D eigenvalue weighted by Crippen LogP contribution is -2.31. The molecule has 6 rings (SSSR count). The number of fused-ring (bicyclic) bond motifs is 4. The second-order valence-electron chi connectivity index (χ2n) is 8.66. The first-order chi connectivity index (χ1) is 17.2. The average molecular weight is 507 g/mol. The van der Waals surface area contributed by atoms with Crippen LogP contribution in [-0.2, 0) is 12.8 Å². The standard InChI is InChI=1S/C27H26N2O4S2/c1-2-31-18-13-11-17(12-14-18)29-26(30)24-20-7-3-6-10-23(20)35-25(24)28-27(29)34-16-19-15-32-21-8-4-5-9-22(21)33-19/h4-5,8-9,11-14,19H,2-3,6-7,10,15-16H2,1H3/t19-/m0/s1. The Morgan fingerprint density at radius 2 is 1.91 bits per heavy atom. The molecule has 0 amide bonds. The number of aryl methyl sites for hydroxylation is 2. The molecule has 1 aliphatic carbocycles. The lowest BCUT2D eigenvalue weighted by Gasteiger charge is -2.26. The first kappa shape index (κ1) is 22.5. The maximum absolute atomic E-state index is 13.9. The van der Waals surface area contributed by atoms with Crippen LogP contribution >= 0.6 is 23.1 Å². The first-order valence-corrected chi connectivity index (χ1v) is 13.8. The normalized spacial score (nSPS) is 16.8. The van der Waals surface area contributed by atoms with E-state index in [0.717, 1.165) is 52.4 Å². The van der Waals surface area contributed by atoms with Gasteiger partial charge in [-0.2, -0.15) is 0 Å². The van der Waals surface area contributed by atoms with Crippen molar-refractivity contribution in [3.8, 4) is 22.9 Å². The Balaban J connectivity index is 1.38. The van der Waals surface area contributed by atoms with E-state index in [-0.39, 0.29) is 11.7 Å². The maximum Gasteiger partial charge on any atom is 0.267 e. The molecular formula is C27H26N2O4S2. The van der Waals surface area contributed by atoms with Crippen molar-refractivity contribution in [3.05, 3.63) is 69.3 Å². The van der Waals surface area contributed by atoms with Crippen molar-refractivity contribution in [3.63, 3.8) is 0 Å². The van der Waals surface area contributed by atoms with Crippen molar-refractivity contribution in [2.75, 3.05) is 19.0 Å². The minimum Gasteiger partial charge on any atom is -0.494 e. The summed E-state index contributed by atoms with van der Waals surface area (Å²) >= 11 is 3.21. The topological polar surface area (TPSA) is 62.6 Å². The van der Waals surface area contributed by atoms with Crippen molar-refractivity contribution in [1.82, 2.24) is 9.55 Å². The molecule has 0 unspecified atom stereocenters. The molecule has 1 aliphatic heterocycles. The number of thioether (sulfide) groups is 1. The summed E-state index contributed by atoms with van der Waals surface area (Å²) in [4.78, 5) is 21.1. The monoisotopic (exact) mass is 506 g/mol. The summed E-state index contributed by atoms with van der Waals surface area (Å²) in [6, 6.07) is 15.4. The Hall–Kier alpha value is -2.97. The third kappa shape index (κ3) is 4.29. The van der Waals surface area contributed by atoms with Gasteiger partial charge in [0.2, 0.25) is 0 Å². The number of hydrogen-bond donors (Lipinski definition) is 0. The molecule has 0 bridgehead atoms. The highest BCUT2D eigenvalue weighted by Crippen LogP contribution is 2.36. The highest BCUT2D eigenvalue weighted by molar-refractivity contribution is 7.99. The third-order valence-electron chi connectivity index (χ3n) is 6.33. The van der Waals surface area contributed by atoms with Crippen molar-refractivity contribution < 1.29 is 14.2 Å². The minimum atomic E-state index is -0.132. The molecule has 0 spiro atoms. The number of thiophene rings is 1. The van der Waals surface area contributed by atoms with Crippen LogP contribution < -0.4 is 19.8 Å². The van der Waals surface area contributed by atoms with Gasteiger partial charge in [0.1, 0.15) is 23.3 Å². The van der Waals surface area contributed by atoms with Gasteiger partial charge >= 0.3 is 0 Å². The zero-order valence-electron chi connectivity index (χ0n) is 19.5. The van der Waals surface area contributed by atoms with Crippen LogP contribution in [0.2, 0.25) is 0 Å². The zero-order valence-corrected chi connectivity index (χ0v) is 21.1. The largest absolute Gasteiger partial charge is 0.494 e. The van der Waals surface area contributed by atoms with Crippen LogP contribution in [0.5, 0.6) is 17.2 Å². The average Bonchev–Trinajstić information content (AvgIpc) is 3.27. The fourth-order valence-corrected chi connectivity index (χ4v) is 6.96. The predicted octanol–water partition coefficient (Wildman–Crippen LogP) is 5.66. The number of nitrogens with zero attached hydrogens (tertiary/aromatic N) is 2. The highest BCUT2D eigenvalue weighted by Gasteiger charge is 2.25. The van der Waals surface area contributed by atoms with E-state index in [0.29, 0.717) is 24.1 Å². The molecule has 2 aromatic carbocycles. The van der Waals surface area contributed by atoms with Gasteiger partial charge in [0.05, 0.1) is 17.7 Å². The summed E-state index contributed by atoms with van der Waals surface area (Å²) in [5, 5.41) is 1.46. The van der Waals surface area contributed by atoms with Gasteiger partial charge in [0.25, 0.3) is 5.56 Å². The van der Waals surface area contributed by atoms with Crippen LogP contribution in [0.1, 0.15) is 30.2 Å². The molecule has 35 heavy (non-hydrogen) atoms. The van der Waals surface area contributed by atoms with Gasteiger partial charge < -0.3 is 14.2 Å². The third-order valence-corrected chi connectivity index (χ3v) is 8.59. The first-order valence-electron chi connectivity index (χ1n) is 12.0. The Labute approximate surface area is 211 Å². The van der Waals surface area contributed by atoms with Crippen LogP contribution in [0.4, 0.5) is 0 Å². The van der Waals surface area contributed by atoms with Gasteiger partial charge in [-0.3, -0.25) is 9.36 Å². The van der Waals surface area contributed by atoms with Gasteiger partial charge in [-0.25, -0.2) is 4.98 Å². The number of para-hydroxylation sites is 2. The van der Waals surface area contributed by atoms with Crippen LogP contribution in [0.15, 0.2) is 58.5 Å². The molecule has 2 aliphatic rings. The molecule has 8 heteroatoms. The number of ether oxygens (including phenoxy) is 3. The molecule has 4 aromatic rings. The molecule has 6 nitrogen and oxygen atoms in total. The fraction of sp³-hybridized carbons (Fsp3) is 0.333. The minimum absolute atomic E-state index is 0.00668. The summed E-state index contributed by atoms with van der Waals surface area (Å²) in [5.74, 6) is 2.92. The summed E-state index contributed by atoms with van der Waals surface area (Å²) in [5.41, 5.74) is 2.00. The second kappa shape index (κ2) is 9.59. The smallest absolute Gasteiger partial charge is 0.267 e. The van der Waals surface area contributed by atoms with E-state index in [4.69, 9.17) is 19.2 Å². The van der Waals surface area contributed by atoms with Gasteiger partial charge in [-0.15, -0.1) is 11.3 Å². The fourth-order valence-electron chi connectivity index (χ4n) is 4.68. The maximum atomic E-state index is 13.9. The van der Waals surface area contributed by atoms with Gasteiger partial charge in [0, 0.05) is 10.6 Å². The summed E-state index contributed by atoms with van der Waals surface area (Å²) in [6.07, 6.45) is 4.16. The highest BCUT2D eigenvalue weighted by atomic mass is 32.2. The number of hydrogen-bond acceptors (Lipinski definition) is 7. The molecule has 1 atom stereocenters. The Bertz CT molecular complexity index is 1430. The van der Waals surface area contributed by atoms with Crippen LogP contribution in [0.25, 0.3) is 15.9 Å². The molecule has 0 saturated heterocycles. The number of benzene rings is 2. The SMILES string of the molecule is CCOc1ccc(-n2c(SC[C@@H]3COc4ccccc4O3)nc3sc4c(c3c2=O)CCCC4)cc1. The zero-order chi connectivity index (χ0) is 23.8.